The Hall–Kier alpha value is -1.18. The number of hydrogen-bond donors (Lipinski definition) is 0. The standard InChI is InChI=1S/C7H3ClFNO/c8-5-1-2-7(10-4-11)6(9)3-5/h1-3H. The molecule has 0 unspecified atom stereocenters. The largest absolute Gasteiger partial charge is 0.240 e. The maximum absolute atomic E-state index is 12.7. The van der Waals surface area contributed by atoms with Crippen LogP contribution in [0.25, 0.3) is 0 Å². The Morgan fingerprint density at radius 2 is 2.27 bits per heavy atom. The first kappa shape index (κ1) is 7.92. The van der Waals surface area contributed by atoms with E-state index in [1.54, 1.807) is 0 Å². The molecule has 0 atom stereocenters. The van der Waals surface area contributed by atoms with Gasteiger partial charge in [-0.2, -0.15) is 4.99 Å². The van der Waals surface area contributed by atoms with Gasteiger partial charge in [0.05, 0.1) is 0 Å². The molecule has 1 aromatic rings. The third kappa shape index (κ3) is 1.87. The SMILES string of the molecule is O=C=Nc1ccc(Cl)cc1F. The summed E-state index contributed by atoms with van der Waals surface area (Å²) in [5.41, 5.74) is -0.0515. The molecule has 0 spiro atoms. The summed E-state index contributed by atoms with van der Waals surface area (Å²) in [7, 11) is 0. The summed E-state index contributed by atoms with van der Waals surface area (Å²) in [6.07, 6.45) is 1.24. The molecule has 0 saturated heterocycles. The Bertz CT molecular complexity index is 320. The summed E-state index contributed by atoms with van der Waals surface area (Å²) in [5, 5.41) is 0.271. The lowest BCUT2D eigenvalue weighted by atomic mass is 10.3. The summed E-state index contributed by atoms with van der Waals surface area (Å²) in [4.78, 5) is 12.8. The molecular formula is C7H3ClFNO. The van der Waals surface area contributed by atoms with E-state index in [1.807, 2.05) is 0 Å². The van der Waals surface area contributed by atoms with Gasteiger partial charge in [-0.05, 0) is 18.2 Å². The van der Waals surface area contributed by atoms with Crippen LogP contribution >= 0.6 is 11.6 Å². The molecule has 0 aliphatic heterocycles. The summed E-state index contributed by atoms with van der Waals surface area (Å²) >= 11 is 5.44. The third-order valence-electron chi connectivity index (χ3n) is 1.08. The van der Waals surface area contributed by atoms with Gasteiger partial charge in [0, 0.05) is 5.02 Å². The number of rotatable bonds is 1. The fraction of sp³-hybridized carbons (Fsp3) is 0. The van der Waals surface area contributed by atoms with Crippen LogP contribution in [0.15, 0.2) is 23.2 Å². The molecule has 11 heavy (non-hydrogen) atoms. The minimum absolute atomic E-state index is 0.0515. The van der Waals surface area contributed by atoms with E-state index in [0.29, 0.717) is 0 Å². The Morgan fingerprint density at radius 3 is 2.82 bits per heavy atom. The van der Waals surface area contributed by atoms with Crippen LogP contribution in [0.3, 0.4) is 0 Å². The van der Waals surface area contributed by atoms with E-state index >= 15 is 0 Å². The number of halogens is 2. The highest BCUT2D eigenvalue weighted by atomic mass is 35.5. The quantitative estimate of drug-likeness (QED) is 0.471. The molecule has 0 radical (unpaired) electrons. The van der Waals surface area contributed by atoms with Gasteiger partial charge in [-0.3, -0.25) is 0 Å². The van der Waals surface area contributed by atoms with E-state index in [1.165, 1.54) is 18.2 Å². The van der Waals surface area contributed by atoms with Crippen LogP contribution in [0.4, 0.5) is 10.1 Å². The normalized spacial score (nSPS) is 8.91. The maximum Gasteiger partial charge on any atom is 0.240 e. The molecule has 0 aliphatic carbocycles. The van der Waals surface area contributed by atoms with Gasteiger partial charge in [-0.25, -0.2) is 9.18 Å². The highest BCUT2D eigenvalue weighted by molar-refractivity contribution is 6.30. The van der Waals surface area contributed by atoms with Crippen molar-refractivity contribution >= 4 is 23.4 Å². The molecule has 0 aromatic heterocycles. The molecule has 0 N–H and O–H groups in total. The molecule has 0 aliphatic rings. The zero-order chi connectivity index (χ0) is 8.27. The van der Waals surface area contributed by atoms with Gasteiger partial charge in [0.1, 0.15) is 5.69 Å². The number of isocyanates is 1. The zero-order valence-electron chi connectivity index (χ0n) is 5.34. The zero-order valence-corrected chi connectivity index (χ0v) is 6.10. The Kier molecular flexibility index (Phi) is 2.36. The van der Waals surface area contributed by atoms with E-state index in [-0.39, 0.29) is 10.7 Å². The minimum Gasteiger partial charge on any atom is -0.211 e. The Labute approximate surface area is 67.3 Å². The molecule has 0 heterocycles. The van der Waals surface area contributed by atoms with Crippen molar-refractivity contribution in [2.45, 2.75) is 0 Å². The third-order valence-corrected chi connectivity index (χ3v) is 1.31. The average molecular weight is 172 g/mol. The monoisotopic (exact) mass is 171 g/mol. The van der Waals surface area contributed by atoms with Crippen molar-refractivity contribution in [3.8, 4) is 0 Å². The first-order valence-electron chi connectivity index (χ1n) is 2.77. The predicted molar refractivity (Wildman–Crippen MR) is 39.2 cm³/mol. The topological polar surface area (TPSA) is 29.4 Å². The first-order valence-corrected chi connectivity index (χ1v) is 3.15. The van der Waals surface area contributed by atoms with Crippen LogP contribution < -0.4 is 0 Å². The maximum atomic E-state index is 12.7. The number of aliphatic imine (C=N–C) groups is 1. The fourth-order valence-electron chi connectivity index (χ4n) is 0.621. The molecule has 0 amide bonds. The molecule has 2 nitrogen and oxygen atoms in total. The summed E-state index contributed by atoms with van der Waals surface area (Å²) in [5.74, 6) is -0.624. The number of carbonyl (C=O) groups excluding carboxylic acids is 1. The van der Waals surface area contributed by atoms with Gasteiger partial charge < -0.3 is 0 Å². The molecule has 0 saturated carbocycles. The molecule has 1 aromatic carbocycles. The summed E-state index contributed by atoms with van der Waals surface area (Å²) in [6.45, 7) is 0. The molecular weight excluding hydrogens is 169 g/mol. The van der Waals surface area contributed by atoms with E-state index in [2.05, 4.69) is 4.99 Å². The van der Waals surface area contributed by atoms with Crippen LogP contribution in [-0.4, -0.2) is 6.08 Å². The average Bonchev–Trinajstić information content (AvgIpc) is 1.95. The Morgan fingerprint density at radius 1 is 1.55 bits per heavy atom. The fourth-order valence-corrected chi connectivity index (χ4v) is 0.780. The summed E-state index contributed by atoms with van der Waals surface area (Å²) in [6, 6.07) is 3.83. The lowest BCUT2D eigenvalue weighted by Gasteiger charge is -1.92. The molecule has 0 fully saturated rings. The van der Waals surface area contributed by atoms with Crippen LogP contribution in [0.2, 0.25) is 5.02 Å². The Balaban J connectivity index is 3.19. The number of hydrogen-bond acceptors (Lipinski definition) is 2. The van der Waals surface area contributed by atoms with E-state index in [4.69, 9.17) is 11.6 Å². The molecule has 56 valence electrons. The van der Waals surface area contributed by atoms with Gasteiger partial charge in [0.2, 0.25) is 6.08 Å². The van der Waals surface area contributed by atoms with Gasteiger partial charge in [0.25, 0.3) is 0 Å². The number of nitrogens with zero attached hydrogens (tertiary/aromatic N) is 1. The van der Waals surface area contributed by atoms with E-state index in [9.17, 15) is 9.18 Å². The van der Waals surface area contributed by atoms with E-state index < -0.39 is 5.82 Å². The molecule has 0 bridgehead atoms. The minimum atomic E-state index is -0.624. The lowest BCUT2D eigenvalue weighted by molar-refractivity contribution is 0.564. The second kappa shape index (κ2) is 3.28. The van der Waals surface area contributed by atoms with Crippen molar-refractivity contribution in [3.05, 3.63) is 29.0 Å². The number of benzene rings is 1. The highest BCUT2D eigenvalue weighted by Crippen LogP contribution is 2.20. The van der Waals surface area contributed by atoms with Crippen molar-refractivity contribution in [2.75, 3.05) is 0 Å². The van der Waals surface area contributed by atoms with Crippen molar-refractivity contribution in [1.82, 2.24) is 0 Å². The van der Waals surface area contributed by atoms with Gasteiger partial charge in [0.15, 0.2) is 5.82 Å². The van der Waals surface area contributed by atoms with Crippen LogP contribution in [0, 0.1) is 5.82 Å². The van der Waals surface area contributed by atoms with Crippen LogP contribution in [0.5, 0.6) is 0 Å². The summed E-state index contributed by atoms with van der Waals surface area (Å²) < 4.78 is 12.7. The predicted octanol–water partition coefficient (Wildman–Crippen LogP) is 2.45. The van der Waals surface area contributed by atoms with Crippen molar-refractivity contribution in [3.63, 3.8) is 0 Å². The first-order chi connectivity index (χ1) is 5.24. The van der Waals surface area contributed by atoms with Gasteiger partial charge in [-0.1, -0.05) is 11.6 Å². The lowest BCUT2D eigenvalue weighted by Crippen LogP contribution is -1.74. The second-order valence-corrected chi connectivity index (χ2v) is 2.24. The van der Waals surface area contributed by atoms with Crippen molar-refractivity contribution in [2.24, 2.45) is 4.99 Å². The van der Waals surface area contributed by atoms with Gasteiger partial charge >= 0.3 is 0 Å². The van der Waals surface area contributed by atoms with Crippen molar-refractivity contribution in [1.29, 1.82) is 0 Å². The van der Waals surface area contributed by atoms with Crippen LogP contribution in [-0.2, 0) is 4.79 Å². The van der Waals surface area contributed by atoms with Crippen LogP contribution in [0.1, 0.15) is 0 Å². The highest BCUT2D eigenvalue weighted by Gasteiger charge is 1.99. The molecule has 4 heteroatoms. The molecule has 1 rings (SSSR count). The van der Waals surface area contributed by atoms with Crippen molar-refractivity contribution < 1.29 is 9.18 Å². The smallest absolute Gasteiger partial charge is 0.211 e. The van der Waals surface area contributed by atoms with Gasteiger partial charge in [-0.15, -0.1) is 0 Å². The van der Waals surface area contributed by atoms with E-state index in [0.717, 1.165) is 6.07 Å². The second-order valence-electron chi connectivity index (χ2n) is 1.80.